The summed E-state index contributed by atoms with van der Waals surface area (Å²) < 4.78 is 28.6. The van der Waals surface area contributed by atoms with E-state index in [2.05, 4.69) is 22.0 Å². The van der Waals surface area contributed by atoms with E-state index >= 15 is 0 Å². The predicted molar refractivity (Wildman–Crippen MR) is 132 cm³/mol. The number of nitriles is 2. The molecule has 2 aromatic carbocycles. The van der Waals surface area contributed by atoms with Crippen molar-refractivity contribution in [2.45, 2.75) is 16.7 Å². The molecule has 0 amide bonds. The van der Waals surface area contributed by atoms with Crippen molar-refractivity contribution in [1.82, 2.24) is 9.88 Å². The van der Waals surface area contributed by atoms with Crippen molar-refractivity contribution in [1.29, 1.82) is 10.5 Å². The van der Waals surface area contributed by atoms with E-state index < -0.39 is 15.3 Å². The van der Waals surface area contributed by atoms with Crippen LogP contribution in [0.25, 0.3) is 11.1 Å². The Morgan fingerprint density at radius 1 is 0.971 bits per heavy atom. The first-order valence-corrected chi connectivity index (χ1v) is 13.3. The van der Waals surface area contributed by atoms with Crippen LogP contribution in [-0.2, 0) is 16.6 Å². The minimum Gasteiger partial charge on any atom is -0.296 e. The van der Waals surface area contributed by atoms with E-state index in [1.165, 1.54) is 4.31 Å². The van der Waals surface area contributed by atoms with E-state index in [0.717, 1.165) is 21.6 Å². The summed E-state index contributed by atoms with van der Waals surface area (Å²) in [5.41, 5.74) is 4.67. The molecule has 0 radical (unpaired) electrons. The quantitative estimate of drug-likeness (QED) is 0.542. The highest BCUT2D eigenvalue weighted by atomic mass is 32.2. The second-order valence-electron chi connectivity index (χ2n) is 8.31. The normalized spacial score (nSPS) is 16.2. The van der Waals surface area contributed by atoms with Crippen molar-refractivity contribution in [3.05, 3.63) is 77.6 Å². The number of thioether (sulfide) groups is 1. The Morgan fingerprint density at radius 3 is 2.26 bits per heavy atom. The smallest absolute Gasteiger partial charge is 0.240 e. The number of rotatable bonds is 5. The number of fused-ring (bicyclic) bond motifs is 1. The molecule has 1 fully saturated rings. The fourth-order valence-corrected chi connectivity index (χ4v) is 7.48. The minimum atomic E-state index is -3.53. The molecule has 1 saturated heterocycles. The van der Waals surface area contributed by atoms with Crippen molar-refractivity contribution in [2.24, 2.45) is 0 Å². The molecule has 9 heteroatoms. The predicted octanol–water partition coefficient (Wildman–Crippen LogP) is 3.62. The third-order valence-corrected chi connectivity index (χ3v) is 9.39. The number of hydrogen-bond donors (Lipinski definition) is 0. The number of anilines is 1. The molecule has 34 heavy (non-hydrogen) atoms. The van der Waals surface area contributed by atoms with Gasteiger partial charge in [0.15, 0.2) is 0 Å². The first-order chi connectivity index (χ1) is 16.5. The highest BCUT2D eigenvalue weighted by molar-refractivity contribution is 8.00. The molecule has 2 aliphatic heterocycles. The molecule has 0 bridgehead atoms. The summed E-state index contributed by atoms with van der Waals surface area (Å²) in [6, 6.07) is 18.9. The van der Waals surface area contributed by atoms with Crippen LogP contribution in [-0.4, -0.2) is 48.9 Å². The van der Waals surface area contributed by atoms with E-state index in [4.69, 9.17) is 10.5 Å². The van der Waals surface area contributed by atoms with Crippen LogP contribution >= 0.6 is 11.8 Å². The fourth-order valence-electron chi connectivity index (χ4n) is 4.28. The number of sulfonamides is 1. The van der Waals surface area contributed by atoms with Crippen LogP contribution in [0.2, 0.25) is 0 Å². The van der Waals surface area contributed by atoms with Crippen molar-refractivity contribution >= 4 is 27.5 Å². The van der Waals surface area contributed by atoms with Gasteiger partial charge in [0.05, 0.1) is 35.1 Å². The van der Waals surface area contributed by atoms with Gasteiger partial charge < -0.3 is 0 Å². The van der Waals surface area contributed by atoms with Gasteiger partial charge in [0, 0.05) is 48.6 Å². The number of pyridine rings is 1. The number of benzene rings is 2. The van der Waals surface area contributed by atoms with Crippen LogP contribution in [0.4, 0.5) is 5.69 Å². The SMILES string of the molecule is N#Cc1ccc(CN2CC(S(=O)(=O)N3CCSc4c(-c5ccc(C#N)cc5)cncc43)C2)cc1. The Morgan fingerprint density at radius 2 is 1.62 bits per heavy atom. The first-order valence-electron chi connectivity index (χ1n) is 10.8. The van der Waals surface area contributed by atoms with Gasteiger partial charge in [-0.2, -0.15) is 10.5 Å². The maximum absolute atomic E-state index is 13.5. The Labute approximate surface area is 203 Å². The van der Waals surface area contributed by atoms with Crippen LogP contribution in [0.5, 0.6) is 0 Å². The van der Waals surface area contributed by atoms with Gasteiger partial charge in [-0.05, 0) is 35.4 Å². The van der Waals surface area contributed by atoms with E-state index in [1.54, 1.807) is 48.4 Å². The molecule has 0 saturated carbocycles. The summed E-state index contributed by atoms with van der Waals surface area (Å²) in [4.78, 5) is 7.36. The molecule has 0 spiro atoms. The molecule has 0 atom stereocenters. The van der Waals surface area contributed by atoms with Gasteiger partial charge in [0.2, 0.25) is 10.0 Å². The Bertz CT molecular complexity index is 1400. The van der Waals surface area contributed by atoms with Crippen molar-refractivity contribution < 1.29 is 8.42 Å². The molecule has 5 rings (SSSR count). The zero-order valence-corrected chi connectivity index (χ0v) is 19.9. The summed E-state index contributed by atoms with van der Waals surface area (Å²) in [6.07, 6.45) is 3.39. The van der Waals surface area contributed by atoms with Gasteiger partial charge in [0.25, 0.3) is 0 Å². The van der Waals surface area contributed by atoms with Crippen molar-refractivity contribution in [2.75, 3.05) is 29.7 Å². The van der Waals surface area contributed by atoms with Crippen molar-refractivity contribution in [3.8, 4) is 23.3 Å². The second kappa shape index (κ2) is 9.11. The molecule has 1 aromatic heterocycles. The number of nitrogens with zero attached hydrogens (tertiary/aromatic N) is 5. The van der Waals surface area contributed by atoms with Gasteiger partial charge in [-0.1, -0.05) is 24.3 Å². The number of hydrogen-bond acceptors (Lipinski definition) is 7. The lowest BCUT2D eigenvalue weighted by atomic mass is 10.1. The Kier molecular flexibility index (Phi) is 6.01. The Balaban J connectivity index is 1.34. The summed E-state index contributed by atoms with van der Waals surface area (Å²) in [5.74, 6) is 0.668. The minimum absolute atomic E-state index is 0.421. The average Bonchev–Trinajstić information content (AvgIpc) is 2.85. The number of aromatic nitrogens is 1. The van der Waals surface area contributed by atoms with Crippen molar-refractivity contribution in [3.63, 3.8) is 0 Å². The first kappa shape index (κ1) is 22.4. The maximum atomic E-state index is 13.5. The molecule has 170 valence electrons. The lowest BCUT2D eigenvalue weighted by Gasteiger charge is -2.42. The lowest BCUT2D eigenvalue weighted by Crippen LogP contribution is -2.58. The Hall–Kier alpha value is -3.37. The molecule has 7 nitrogen and oxygen atoms in total. The molecule has 3 heterocycles. The standard InChI is InChI=1S/C25H21N5O2S2/c26-11-18-1-3-20(4-2-18)15-29-16-22(17-29)34(31,32)30-9-10-33-25-23(13-28-14-24(25)30)21-7-5-19(12-27)6-8-21/h1-8,13-14,22H,9-10,15-17H2. The van der Waals surface area contributed by atoms with Crippen LogP contribution in [0.3, 0.4) is 0 Å². The third-order valence-electron chi connectivity index (χ3n) is 6.15. The van der Waals surface area contributed by atoms with Gasteiger partial charge in [0.1, 0.15) is 5.25 Å². The monoisotopic (exact) mass is 487 g/mol. The zero-order valence-electron chi connectivity index (χ0n) is 18.3. The van der Waals surface area contributed by atoms with E-state index in [1.807, 2.05) is 24.3 Å². The van der Waals surface area contributed by atoms with Crippen LogP contribution in [0, 0.1) is 22.7 Å². The summed E-state index contributed by atoms with van der Waals surface area (Å²) in [6.45, 7) is 2.04. The van der Waals surface area contributed by atoms with Crippen LogP contribution < -0.4 is 4.31 Å². The van der Waals surface area contributed by atoms with Crippen LogP contribution in [0.15, 0.2) is 65.8 Å². The van der Waals surface area contributed by atoms with Crippen LogP contribution in [0.1, 0.15) is 16.7 Å². The molecular weight excluding hydrogens is 466 g/mol. The molecule has 0 N–H and O–H groups in total. The van der Waals surface area contributed by atoms with Gasteiger partial charge in [-0.15, -0.1) is 11.8 Å². The van der Waals surface area contributed by atoms with E-state index in [-0.39, 0.29) is 0 Å². The molecule has 0 aliphatic carbocycles. The maximum Gasteiger partial charge on any atom is 0.240 e. The van der Waals surface area contributed by atoms with Gasteiger partial charge in [-0.25, -0.2) is 8.42 Å². The fraction of sp³-hybridized carbons (Fsp3) is 0.240. The summed E-state index contributed by atoms with van der Waals surface area (Å²) >= 11 is 1.64. The third kappa shape index (κ3) is 4.14. The average molecular weight is 488 g/mol. The van der Waals surface area contributed by atoms with E-state index in [0.29, 0.717) is 48.7 Å². The molecule has 2 aliphatic rings. The van der Waals surface area contributed by atoms with E-state index in [9.17, 15) is 8.42 Å². The second-order valence-corrected chi connectivity index (χ2v) is 11.6. The highest BCUT2D eigenvalue weighted by Crippen LogP contribution is 2.43. The lowest BCUT2D eigenvalue weighted by molar-refractivity contribution is 0.176. The van der Waals surface area contributed by atoms with Gasteiger partial charge in [-0.3, -0.25) is 14.2 Å². The topological polar surface area (TPSA) is 101 Å². The van der Waals surface area contributed by atoms with Gasteiger partial charge >= 0.3 is 0 Å². The summed E-state index contributed by atoms with van der Waals surface area (Å²) in [5, 5.41) is 17.5. The highest BCUT2D eigenvalue weighted by Gasteiger charge is 2.42. The molecule has 0 unspecified atom stereocenters. The largest absolute Gasteiger partial charge is 0.296 e. The summed E-state index contributed by atoms with van der Waals surface area (Å²) in [7, 11) is -3.53. The number of likely N-dealkylation sites (tertiary alicyclic amines) is 1. The zero-order chi connectivity index (χ0) is 23.7. The molecular formula is C25H21N5O2S2. The molecule has 3 aromatic rings.